The minimum Gasteiger partial charge on any atom is -0.377 e. The number of benzene rings is 1. The minimum atomic E-state index is -0.697. The van der Waals surface area contributed by atoms with Gasteiger partial charge in [-0.3, -0.25) is 9.36 Å². The number of carbonyl (C=O) groups is 1. The third kappa shape index (κ3) is 8.85. The van der Waals surface area contributed by atoms with Crippen molar-refractivity contribution in [3.8, 4) is 0 Å². The molecule has 0 radical (unpaired) electrons. The lowest BCUT2D eigenvalue weighted by Crippen LogP contribution is -2.49. The fraction of sp³-hybridized carbons (Fsp3) is 0.667. The van der Waals surface area contributed by atoms with Crippen LogP contribution >= 0.6 is 0 Å². The Morgan fingerprint density at radius 3 is 2.43 bits per heavy atom. The number of piperazine rings is 1. The molecule has 0 spiro atoms. The van der Waals surface area contributed by atoms with Gasteiger partial charge in [-0.15, -0.1) is 0 Å². The van der Waals surface area contributed by atoms with Crippen molar-refractivity contribution < 1.29 is 18.3 Å². The van der Waals surface area contributed by atoms with E-state index in [0.29, 0.717) is 23.1 Å². The van der Waals surface area contributed by atoms with Crippen LogP contribution in [0.3, 0.4) is 0 Å². The summed E-state index contributed by atoms with van der Waals surface area (Å²) in [7, 11) is 2.09. The third-order valence-electron chi connectivity index (χ3n) is 10.6. The number of aromatic nitrogens is 4. The van der Waals surface area contributed by atoms with E-state index in [1.807, 2.05) is 9.47 Å². The molecule has 0 unspecified atom stereocenters. The number of anilines is 3. The monoisotopic (exact) mass is 681 g/mol. The molecule has 49 heavy (non-hydrogen) atoms. The van der Waals surface area contributed by atoms with Gasteiger partial charge in [-0.05, 0) is 90.1 Å². The smallest absolute Gasteiger partial charge is 0.225 e. The van der Waals surface area contributed by atoms with Crippen LogP contribution in [0.25, 0.3) is 11.2 Å². The molecule has 1 aliphatic heterocycles. The standard InChI is InChI=1S/C36H53F2N9O2/c1-4-16-45(5-2)21-22-49-29-13-9-27(10-14-29)40-35-39-24-32-33(43-35)47(36(42-32)41-31-15-8-26(37)23-30(31)38)28-11-6-25(7-12-28)34(48)46-19-17-44(3)18-20-46/h8,15,23-25,27-29H,4-7,9-14,16-22H2,1-3H3,(H,41,42)(H,39,40,43)/t25-,27-,28+,29-. The molecule has 1 aromatic carbocycles. The maximum atomic E-state index is 14.8. The normalized spacial score (nSPS) is 23.7. The Labute approximate surface area is 288 Å². The molecule has 3 fully saturated rings. The average Bonchev–Trinajstić information content (AvgIpc) is 3.47. The molecule has 3 aliphatic rings. The van der Waals surface area contributed by atoms with Gasteiger partial charge in [0.25, 0.3) is 0 Å². The van der Waals surface area contributed by atoms with Crippen molar-refractivity contribution in [2.24, 2.45) is 5.92 Å². The molecule has 3 heterocycles. The number of halogens is 2. The van der Waals surface area contributed by atoms with E-state index in [9.17, 15) is 13.6 Å². The molecule has 2 N–H and O–H groups in total. The zero-order valence-electron chi connectivity index (χ0n) is 29.3. The fourth-order valence-electron chi connectivity index (χ4n) is 7.62. The highest BCUT2D eigenvalue weighted by molar-refractivity contribution is 5.79. The maximum absolute atomic E-state index is 14.8. The second-order valence-corrected chi connectivity index (χ2v) is 14.0. The zero-order valence-corrected chi connectivity index (χ0v) is 29.3. The molecular formula is C36H53F2N9O2. The minimum absolute atomic E-state index is 0.00356. The van der Waals surface area contributed by atoms with Gasteiger partial charge < -0.3 is 30.1 Å². The second kappa shape index (κ2) is 16.5. The van der Waals surface area contributed by atoms with E-state index >= 15 is 0 Å². The highest BCUT2D eigenvalue weighted by Gasteiger charge is 2.33. The van der Waals surface area contributed by atoms with Gasteiger partial charge in [0.2, 0.25) is 17.8 Å². The summed E-state index contributed by atoms with van der Waals surface area (Å²) >= 11 is 0. The lowest BCUT2D eigenvalue weighted by molar-refractivity contribution is -0.138. The van der Waals surface area contributed by atoms with Crippen LogP contribution in [0.1, 0.15) is 77.7 Å². The van der Waals surface area contributed by atoms with Crippen LogP contribution in [0.4, 0.5) is 26.4 Å². The predicted molar refractivity (Wildman–Crippen MR) is 188 cm³/mol. The number of nitrogens with zero attached hydrogens (tertiary/aromatic N) is 7. The zero-order chi connectivity index (χ0) is 34.3. The van der Waals surface area contributed by atoms with Gasteiger partial charge in [-0.2, -0.15) is 4.98 Å². The molecule has 2 aromatic heterocycles. The van der Waals surface area contributed by atoms with E-state index in [1.54, 1.807) is 6.20 Å². The number of carbonyl (C=O) groups excluding carboxylic acids is 1. The summed E-state index contributed by atoms with van der Waals surface area (Å²) < 4.78 is 36.7. The topological polar surface area (TPSA) is 104 Å². The van der Waals surface area contributed by atoms with E-state index in [1.165, 1.54) is 12.1 Å². The molecule has 1 amide bonds. The molecule has 6 rings (SSSR count). The Kier molecular flexibility index (Phi) is 11.9. The van der Waals surface area contributed by atoms with Gasteiger partial charge in [0.1, 0.15) is 17.2 Å². The predicted octanol–water partition coefficient (Wildman–Crippen LogP) is 5.83. The SMILES string of the molecule is CCCN(CC)CCO[C@H]1CC[C@H](Nc2ncc3nc(Nc4ccc(F)cc4F)n([C@H]4CC[C@@H](C(=O)N5CCN(C)CC5)CC4)c3n2)CC1. The molecule has 0 atom stereocenters. The quantitative estimate of drug-likeness (QED) is 0.231. The molecule has 0 bridgehead atoms. The van der Waals surface area contributed by atoms with Crippen LogP contribution < -0.4 is 10.6 Å². The van der Waals surface area contributed by atoms with Crippen LogP contribution in [0.15, 0.2) is 24.4 Å². The molecule has 2 aliphatic carbocycles. The number of rotatable bonds is 13. The molecule has 268 valence electrons. The van der Waals surface area contributed by atoms with E-state index in [2.05, 4.69) is 46.3 Å². The molecule has 3 aromatic rings. The van der Waals surface area contributed by atoms with Crippen molar-refractivity contribution >= 4 is 34.7 Å². The first-order valence-corrected chi connectivity index (χ1v) is 18.4. The molecule has 1 saturated heterocycles. The number of fused-ring (bicyclic) bond motifs is 1. The highest BCUT2D eigenvalue weighted by Crippen LogP contribution is 2.38. The van der Waals surface area contributed by atoms with E-state index in [0.717, 1.165) is 116 Å². The Balaban J connectivity index is 1.14. The third-order valence-corrected chi connectivity index (χ3v) is 10.6. The number of hydrogen-bond acceptors (Lipinski definition) is 9. The van der Waals surface area contributed by atoms with Crippen molar-refractivity contribution in [1.82, 2.24) is 34.2 Å². The maximum Gasteiger partial charge on any atom is 0.225 e. The van der Waals surface area contributed by atoms with Crippen LogP contribution in [-0.2, 0) is 9.53 Å². The Morgan fingerprint density at radius 2 is 1.73 bits per heavy atom. The first kappa shape index (κ1) is 35.4. The average molecular weight is 682 g/mol. The second-order valence-electron chi connectivity index (χ2n) is 14.0. The Bertz CT molecular complexity index is 1530. The molecular weight excluding hydrogens is 628 g/mol. The summed E-state index contributed by atoms with van der Waals surface area (Å²) in [6.07, 6.45) is 10.1. The summed E-state index contributed by atoms with van der Waals surface area (Å²) in [5, 5.41) is 6.67. The van der Waals surface area contributed by atoms with E-state index < -0.39 is 11.6 Å². The lowest BCUT2D eigenvalue weighted by Gasteiger charge is -2.37. The fourth-order valence-corrected chi connectivity index (χ4v) is 7.62. The van der Waals surface area contributed by atoms with Gasteiger partial charge >= 0.3 is 0 Å². The summed E-state index contributed by atoms with van der Waals surface area (Å²) in [5.41, 5.74) is 1.38. The summed E-state index contributed by atoms with van der Waals surface area (Å²) in [6.45, 7) is 11.7. The van der Waals surface area contributed by atoms with E-state index in [-0.39, 0.29) is 35.7 Å². The van der Waals surface area contributed by atoms with Crippen molar-refractivity contribution in [3.63, 3.8) is 0 Å². The van der Waals surface area contributed by atoms with Crippen LogP contribution in [0.2, 0.25) is 0 Å². The number of nitrogens with one attached hydrogen (secondary N) is 2. The Hall–Kier alpha value is -3.42. The molecule has 13 heteroatoms. The van der Waals surface area contributed by atoms with Crippen LogP contribution in [-0.4, -0.2) is 112 Å². The van der Waals surface area contributed by atoms with Gasteiger partial charge in [-0.1, -0.05) is 13.8 Å². The summed E-state index contributed by atoms with van der Waals surface area (Å²) in [5.74, 6) is -0.127. The number of ether oxygens (including phenoxy) is 1. The Morgan fingerprint density at radius 1 is 0.980 bits per heavy atom. The van der Waals surface area contributed by atoms with Crippen LogP contribution in [0.5, 0.6) is 0 Å². The largest absolute Gasteiger partial charge is 0.377 e. The van der Waals surface area contributed by atoms with Gasteiger partial charge in [0, 0.05) is 56.8 Å². The highest BCUT2D eigenvalue weighted by atomic mass is 19.1. The van der Waals surface area contributed by atoms with Gasteiger partial charge in [0.05, 0.1) is 24.6 Å². The first-order valence-electron chi connectivity index (χ1n) is 18.4. The number of imidazole rings is 1. The van der Waals surface area contributed by atoms with Crippen molar-refractivity contribution in [2.75, 3.05) is 70.1 Å². The van der Waals surface area contributed by atoms with E-state index in [4.69, 9.17) is 14.7 Å². The summed E-state index contributed by atoms with van der Waals surface area (Å²) in [6, 6.07) is 3.70. The van der Waals surface area contributed by atoms with Gasteiger partial charge in [0.15, 0.2) is 5.65 Å². The number of amides is 1. The number of likely N-dealkylation sites (N-methyl/N-ethyl adjacent to an activating group) is 2. The van der Waals surface area contributed by atoms with Crippen LogP contribution in [0, 0.1) is 17.6 Å². The lowest BCUT2D eigenvalue weighted by atomic mass is 9.85. The molecule has 2 saturated carbocycles. The summed E-state index contributed by atoms with van der Waals surface area (Å²) in [4.78, 5) is 34.4. The van der Waals surface area contributed by atoms with Crippen molar-refractivity contribution in [1.29, 1.82) is 0 Å². The van der Waals surface area contributed by atoms with Crippen molar-refractivity contribution in [3.05, 3.63) is 36.0 Å². The van der Waals surface area contributed by atoms with Crippen molar-refractivity contribution in [2.45, 2.75) is 89.8 Å². The molecule has 11 nitrogen and oxygen atoms in total. The van der Waals surface area contributed by atoms with Gasteiger partial charge in [-0.25, -0.2) is 18.7 Å². The number of hydrogen-bond donors (Lipinski definition) is 2. The first-order chi connectivity index (χ1) is 23.8.